The average Bonchev–Trinajstić information content (AvgIpc) is 3.04. The van der Waals surface area contributed by atoms with E-state index in [4.69, 9.17) is 0 Å². The Labute approximate surface area is 182 Å². The summed E-state index contributed by atoms with van der Waals surface area (Å²) in [6, 6.07) is 11.3. The van der Waals surface area contributed by atoms with E-state index in [1.165, 1.54) is 33.3 Å². The van der Waals surface area contributed by atoms with Crippen LogP contribution in [0.3, 0.4) is 0 Å². The number of likely N-dealkylation sites (N-methyl/N-ethyl adjacent to an activating group) is 1. The second kappa shape index (κ2) is 7.34. The van der Waals surface area contributed by atoms with Gasteiger partial charge in [0.1, 0.15) is 0 Å². The lowest BCUT2D eigenvalue weighted by Crippen LogP contribution is -2.27. The predicted octanol–water partition coefficient (Wildman–Crippen LogP) is 4.40. The third-order valence-corrected chi connectivity index (χ3v) is 6.17. The summed E-state index contributed by atoms with van der Waals surface area (Å²) >= 11 is 0. The number of hydrogen-bond donors (Lipinski definition) is 0. The van der Waals surface area contributed by atoms with Gasteiger partial charge in [0.25, 0.3) is 5.56 Å². The standard InChI is InChI=1S/C24H21F3N4O/c1-29-9-8-19-18-5-4-17(12-21(18)30(2)22(19)14-29)31-10-7-15(11-23(31)32)20-6-3-16(13-28-20)24(25,26)27/h3-7,10-13H,8-9,14H2,1-2H3. The fourth-order valence-electron chi connectivity index (χ4n) is 4.41. The molecule has 0 saturated carbocycles. The second-order valence-corrected chi connectivity index (χ2v) is 8.23. The number of alkyl halides is 3. The van der Waals surface area contributed by atoms with Gasteiger partial charge in [0.15, 0.2) is 0 Å². The second-order valence-electron chi connectivity index (χ2n) is 8.23. The van der Waals surface area contributed by atoms with Crippen LogP contribution in [0.5, 0.6) is 0 Å². The third-order valence-electron chi connectivity index (χ3n) is 6.17. The highest BCUT2D eigenvalue weighted by Gasteiger charge is 2.30. The topological polar surface area (TPSA) is 43.1 Å². The largest absolute Gasteiger partial charge is 0.417 e. The zero-order valence-corrected chi connectivity index (χ0v) is 17.6. The van der Waals surface area contributed by atoms with Crippen molar-refractivity contribution in [2.75, 3.05) is 13.6 Å². The van der Waals surface area contributed by atoms with Crippen LogP contribution < -0.4 is 5.56 Å². The van der Waals surface area contributed by atoms with Crippen molar-refractivity contribution >= 4 is 10.9 Å². The highest BCUT2D eigenvalue weighted by Crippen LogP contribution is 2.31. The average molecular weight is 438 g/mol. The molecule has 0 fully saturated rings. The molecule has 32 heavy (non-hydrogen) atoms. The summed E-state index contributed by atoms with van der Waals surface area (Å²) in [5, 5.41) is 1.21. The summed E-state index contributed by atoms with van der Waals surface area (Å²) in [7, 11) is 4.16. The van der Waals surface area contributed by atoms with Gasteiger partial charge < -0.3 is 9.47 Å². The van der Waals surface area contributed by atoms with E-state index >= 15 is 0 Å². The number of pyridine rings is 2. The molecule has 164 valence electrons. The molecule has 5 rings (SSSR count). The molecule has 0 aliphatic carbocycles. The molecular formula is C24H21F3N4O. The molecule has 5 nitrogen and oxygen atoms in total. The van der Waals surface area contributed by atoms with Crippen molar-refractivity contribution in [1.29, 1.82) is 0 Å². The molecule has 0 unspecified atom stereocenters. The van der Waals surface area contributed by atoms with Gasteiger partial charge in [-0.25, -0.2) is 0 Å². The van der Waals surface area contributed by atoms with Crippen LogP contribution in [0.25, 0.3) is 27.8 Å². The summed E-state index contributed by atoms with van der Waals surface area (Å²) in [6.07, 6.45) is -1.03. The van der Waals surface area contributed by atoms with Crippen molar-refractivity contribution < 1.29 is 13.2 Å². The minimum absolute atomic E-state index is 0.276. The Balaban J connectivity index is 1.52. The van der Waals surface area contributed by atoms with Crippen LogP contribution in [0.2, 0.25) is 0 Å². The van der Waals surface area contributed by atoms with Crippen molar-refractivity contribution in [2.45, 2.75) is 19.1 Å². The number of hydrogen-bond acceptors (Lipinski definition) is 3. The van der Waals surface area contributed by atoms with Crippen LogP contribution in [0.15, 0.2) is 59.7 Å². The quantitative estimate of drug-likeness (QED) is 0.466. The van der Waals surface area contributed by atoms with E-state index in [0.29, 0.717) is 11.3 Å². The molecular weight excluding hydrogens is 417 g/mol. The zero-order chi connectivity index (χ0) is 22.6. The molecule has 4 aromatic rings. The molecule has 0 amide bonds. The molecule has 1 aliphatic heterocycles. The van der Waals surface area contributed by atoms with Crippen molar-refractivity contribution in [2.24, 2.45) is 7.05 Å². The number of fused-ring (bicyclic) bond motifs is 3. The molecule has 0 radical (unpaired) electrons. The lowest BCUT2D eigenvalue weighted by Gasteiger charge is -2.23. The van der Waals surface area contributed by atoms with Crippen LogP contribution in [0.4, 0.5) is 13.2 Å². The van der Waals surface area contributed by atoms with Gasteiger partial charge >= 0.3 is 6.18 Å². The Morgan fingerprint density at radius 1 is 1.03 bits per heavy atom. The third kappa shape index (κ3) is 3.40. The highest BCUT2D eigenvalue weighted by molar-refractivity contribution is 5.87. The molecule has 1 aliphatic rings. The lowest BCUT2D eigenvalue weighted by atomic mass is 10.0. The minimum atomic E-state index is -4.45. The van der Waals surface area contributed by atoms with E-state index in [0.717, 1.165) is 43.0 Å². The fraction of sp³-hybridized carbons (Fsp3) is 0.250. The van der Waals surface area contributed by atoms with Crippen LogP contribution >= 0.6 is 0 Å². The van der Waals surface area contributed by atoms with Crippen molar-refractivity contribution in [1.82, 2.24) is 19.0 Å². The van der Waals surface area contributed by atoms with E-state index in [1.807, 2.05) is 19.2 Å². The molecule has 4 heterocycles. The number of aryl methyl sites for hydroxylation is 1. The predicted molar refractivity (Wildman–Crippen MR) is 117 cm³/mol. The SMILES string of the molecule is CN1CCc2c(n(C)c3cc(-n4ccc(-c5ccc(C(F)(F)F)cn5)cc4=O)ccc23)C1. The van der Waals surface area contributed by atoms with Crippen molar-refractivity contribution in [3.8, 4) is 16.9 Å². The van der Waals surface area contributed by atoms with E-state index in [1.54, 1.807) is 12.3 Å². The normalized spacial score (nSPS) is 14.7. The van der Waals surface area contributed by atoms with Crippen LogP contribution in [-0.2, 0) is 26.2 Å². The smallest absolute Gasteiger partial charge is 0.346 e. The van der Waals surface area contributed by atoms with Gasteiger partial charge in [-0.2, -0.15) is 13.2 Å². The summed E-state index contributed by atoms with van der Waals surface area (Å²) < 4.78 is 42.0. The molecule has 0 N–H and O–H groups in total. The summed E-state index contributed by atoms with van der Waals surface area (Å²) in [4.78, 5) is 19.0. The van der Waals surface area contributed by atoms with E-state index in [2.05, 4.69) is 27.6 Å². The van der Waals surface area contributed by atoms with Gasteiger partial charge in [-0.3, -0.25) is 14.3 Å². The summed E-state index contributed by atoms with van der Waals surface area (Å²) in [5.41, 5.74) is 4.16. The fourth-order valence-corrected chi connectivity index (χ4v) is 4.41. The van der Waals surface area contributed by atoms with Gasteiger partial charge in [0, 0.05) is 55.2 Å². The summed E-state index contributed by atoms with van der Waals surface area (Å²) in [5.74, 6) is 0. The van der Waals surface area contributed by atoms with Gasteiger partial charge in [-0.15, -0.1) is 0 Å². The highest BCUT2D eigenvalue weighted by atomic mass is 19.4. The maximum Gasteiger partial charge on any atom is 0.417 e. The Morgan fingerprint density at radius 3 is 2.53 bits per heavy atom. The Kier molecular flexibility index (Phi) is 4.70. The van der Waals surface area contributed by atoms with Crippen LogP contribution in [0, 0.1) is 0 Å². The number of nitrogens with zero attached hydrogens (tertiary/aromatic N) is 4. The number of rotatable bonds is 2. The first-order valence-corrected chi connectivity index (χ1v) is 10.3. The maximum absolute atomic E-state index is 12.8. The molecule has 0 spiro atoms. The van der Waals surface area contributed by atoms with E-state index in [-0.39, 0.29) is 5.56 Å². The molecule has 1 aromatic carbocycles. The molecule has 0 atom stereocenters. The summed E-state index contributed by atoms with van der Waals surface area (Å²) in [6.45, 7) is 1.91. The number of aromatic nitrogens is 3. The molecule has 8 heteroatoms. The van der Waals surface area contributed by atoms with E-state index in [9.17, 15) is 18.0 Å². The molecule has 0 bridgehead atoms. The lowest BCUT2D eigenvalue weighted by molar-refractivity contribution is -0.137. The number of benzene rings is 1. The Morgan fingerprint density at radius 2 is 1.84 bits per heavy atom. The minimum Gasteiger partial charge on any atom is -0.346 e. The Hall–Kier alpha value is -3.39. The van der Waals surface area contributed by atoms with Gasteiger partial charge in [-0.05, 0) is 49.4 Å². The van der Waals surface area contributed by atoms with Crippen molar-refractivity contribution in [3.05, 3.63) is 82.0 Å². The monoisotopic (exact) mass is 438 g/mol. The van der Waals surface area contributed by atoms with Crippen LogP contribution in [0.1, 0.15) is 16.8 Å². The zero-order valence-electron chi connectivity index (χ0n) is 17.6. The van der Waals surface area contributed by atoms with E-state index < -0.39 is 11.7 Å². The van der Waals surface area contributed by atoms with Gasteiger partial charge in [0.05, 0.1) is 22.5 Å². The first-order valence-electron chi connectivity index (χ1n) is 10.3. The maximum atomic E-state index is 12.8. The first kappa shape index (κ1) is 20.5. The van der Waals surface area contributed by atoms with Crippen molar-refractivity contribution in [3.63, 3.8) is 0 Å². The molecule has 3 aromatic heterocycles. The van der Waals surface area contributed by atoms with Gasteiger partial charge in [0.2, 0.25) is 0 Å². The van der Waals surface area contributed by atoms with Crippen LogP contribution in [-0.4, -0.2) is 32.6 Å². The number of halogens is 3. The molecule has 0 saturated heterocycles. The Bertz CT molecular complexity index is 1380. The van der Waals surface area contributed by atoms with Gasteiger partial charge in [-0.1, -0.05) is 6.07 Å². The first-order chi connectivity index (χ1) is 15.2.